The second-order valence-electron chi connectivity index (χ2n) is 6.01. The van der Waals surface area contributed by atoms with E-state index in [4.69, 9.17) is 5.11 Å². The second kappa shape index (κ2) is 5.77. The van der Waals surface area contributed by atoms with Gasteiger partial charge < -0.3 is 20.2 Å². The molecule has 1 saturated heterocycles. The fourth-order valence-electron chi connectivity index (χ4n) is 2.22. The van der Waals surface area contributed by atoms with Crippen molar-refractivity contribution in [3.8, 4) is 0 Å². The van der Waals surface area contributed by atoms with Gasteiger partial charge in [-0.1, -0.05) is 6.92 Å². The van der Waals surface area contributed by atoms with Crippen molar-refractivity contribution in [1.82, 2.24) is 15.1 Å². The Morgan fingerprint density at radius 2 is 2.00 bits per heavy atom. The summed E-state index contributed by atoms with van der Waals surface area (Å²) in [7, 11) is 3.58. The summed E-state index contributed by atoms with van der Waals surface area (Å²) in [6.07, 6.45) is 0.894. The summed E-state index contributed by atoms with van der Waals surface area (Å²) in [5.74, 6) is -0.648. The highest BCUT2D eigenvalue weighted by atomic mass is 16.4. The zero-order valence-electron chi connectivity index (χ0n) is 12.4. The topological polar surface area (TPSA) is 72.9 Å². The summed E-state index contributed by atoms with van der Waals surface area (Å²) < 4.78 is 0. The van der Waals surface area contributed by atoms with Crippen LogP contribution in [-0.2, 0) is 4.79 Å². The number of amides is 2. The second-order valence-corrected chi connectivity index (χ2v) is 6.01. The van der Waals surface area contributed by atoms with Gasteiger partial charge in [-0.25, -0.2) is 9.59 Å². The van der Waals surface area contributed by atoms with Crippen LogP contribution >= 0.6 is 0 Å². The molecule has 2 amide bonds. The summed E-state index contributed by atoms with van der Waals surface area (Å²) in [6, 6.07) is -0.218. The highest BCUT2D eigenvalue weighted by Crippen LogP contribution is 2.17. The number of aliphatic carboxylic acids is 1. The van der Waals surface area contributed by atoms with Crippen LogP contribution in [-0.4, -0.2) is 65.7 Å². The largest absolute Gasteiger partial charge is 0.480 e. The van der Waals surface area contributed by atoms with Gasteiger partial charge >= 0.3 is 12.0 Å². The van der Waals surface area contributed by atoms with Crippen LogP contribution in [0.5, 0.6) is 0 Å². The van der Waals surface area contributed by atoms with Crippen LogP contribution in [0.1, 0.15) is 27.2 Å². The van der Waals surface area contributed by atoms with E-state index >= 15 is 0 Å². The molecule has 0 spiro atoms. The van der Waals surface area contributed by atoms with Gasteiger partial charge in [-0.3, -0.25) is 0 Å². The maximum atomic E-state index is 12.1. The molecule has 1 heterocycles. The number of carbonyl (C=O) groups excluding carboxylic acids is 1. The predicted molar refractivity (Wildman–Crippen MR) is 73.1 cm³/mol. The first kappa shape index (κ1) is 15.8. The first-order valence-corrected chi connectivity index (χ1v) is 6.62. The molecule has 1 rings (SSSR count). The fourth-order valence-corrected chi connectivity index (χ4v) is 2.22. The van der Waals surface area contributed by atoms with E-state index in [1.54, 1.807) is 0 Å². The van der Waals surface area contributed by atoms with Crippen molar-refractivity contribution in [3.05, 3.63) is 0 Å². The van der Waals surface area contributed by atoms with Crippen LogP contribution in [0, 0.1) is 5.92 Å². The number of urea groups is 1. The molecule has 0 radical (unpaired) electrons. The number of hydrogen-bond acceptors (Lipinski definition) is 3. The van der Waals surface area contributed by atoms with Gasteiger partial charge in [0.05, 0.1) is 0 Å². The quantitative estimate of drug-likeness (QED) is 0.797. The number of carbonyl (C=O) groups is 2. The summed E-state index contributed by atoms with van der Waals surface area (Å²) in [6.45, 7) is 7.03. The molecule has 110 valence electrons. The molecule has 6 heteroatoms. The Balaban J connectivity index is 2.62. The zero-order valence-corrected chi connectivity index (χ0v) is 12.4. The predicted octanol–water partition coefficient (Wildman–Crippen LogP) is 0.831. The maximum absolute atomic E-state index is 12.1. The van der Waals surface area contributed by atoms with Gasteiger partial charge in [-0.05, 0) is 39.8 Å². The number of carboxylic acid groups (broad SMARTS) is 1. The van der Waals surface area contributed by atoms with Crippen molar-refractivity contribution >= 4 is 12.0 Å². The molecule has 1 aliphatic rings. The van der Waals surface area contributed by atoms with E-state index in [0.29, 0.717) is 5.92 Å². The Morgan fingerprint density at radius 1 is 1.42 bits per heavy atom. The van der Waals surface area contributed by atoms with Gasteiger partial charge in [-0.15, -0.1) is 0 Å². The van der Waals surface area contributed by atoms with Crippen LogP contribution in [0.2, 0.25) is 0 Å². The molecule has 0 aromatic heterocycles. The highest BCUT2D eigenvalue weighted by molar-refractivity contribution is 5.85. The van der Waals surface area contributed by atoms with Crippen molar-refractivity contribution in [3.63, 3.8) is 0 Å². The molecular weight excluding hydrogens is 246 g/mol. The fraction of sp³-hybridized carbons (Fsp3) is 0.846. The SMILES string of the molecule is CC1CN(C)CCC1NC(=O)N(C)C(C)(C)C(=O)O. The van der Waals surface area contributed by atoms with Crippen molar-refractivity contribution in [1.29, 1.82) is 0 Å². The Morgan fingerprint density at radius 3 is 2.47 bits per heavy atom. The number of likely N-dealkylation sites (N-methyl/N-ethyl adjacent to an activating group) is 1. The summed E-state index contributed by atoms with van der Waals surface area (Å²) in [5, 5.41) is 12.1. The average Bonchev–Trinajstić information content (AvgIpc) is 2.31. The van der Waals surface area contributed by atoms with E-state index in [1.165, 1.54) is 25.8 Å². The van der Waals surface area contributed by atoms with Crippen molar-refractivity contribution in [2.75, 3.05) is 27.2 Å². The molecule has 0 saturated carbocycles. The number of piperidine rings is 1. The van der Waals surface area contributed by atoms with Crippen LogP contribution in [0.15, 0.2) is 0 Å². The lowest BCUT2D eigenvalue weighted by atomic mass is 9.94. The third kappa shape index (κ3) is 3.59. The van der Waals surface area contributed by atoms with Gasteiger partial charge in [0.15, 0.2) is 0 Å². The number of nitrogens with one attached hydrogen (secondary N) is 1. The molecular formula is C13H25N3O3. The molecule has 19 heavy (non-hydrogen) atoms. The number of likely N-dealkylation sites (tertiary alicyclic amines) is 1. The third-order valence-corrected chi connectivity index (χ3v) is 4.08. The highest BCUT2D eigenvalue weighted by Gasteiger charge is 2.36. The van der Waals surface area contributed by atoms with Gasteiger partial charge in [0, 0.05) is 19.6 Å². The standard InChI is InChI=1S/C13H25N3O3/c1-9-8-15(4)7-6-10(9)14-12(19)16(5)13(2,3)11(17)18/h9-10H,6-8H2,1-5H3,(H,14,19)(H,17,18). The monoisotopic (exact) mass is 271 g/mol. The first-order valence-electron chi connectivity index (χ1n) is 6.62. The maximum Gasteiger partial charge on any atom is 0.329 e. The molecule has 2 atom stereocenters. The van der Waals surface area contributed by atoms with Gasteiger partial charge in [0.1, 0.15) is 5.54 Å². The molecule has 6 nitrogen and oxygen atoms in total. The smallest absolute Gasteiger partial charge is 0.329 e. The summed E-state index contributed by atoms with van der Waals surface area (Å²) in [4.78, 5) is 26.8. The molecule has 0 aromatic carbocycles. The van der Waals surface area contributed by atoms with E-state index in [2.05, 4.69) is 24.2 Å². The lowest BCUT2D eigenvalue weighted by Crippen LogP contribution is -2.58. The van der Waals surface area contributed by atoms with Crippen LogP contribution in [0.3, 0.4) is 0 Å². The number of rotatable bonds is 3. The first-order chi connectivity index (χ1) is 8.66. The molecule has 0 bridgehead atoms. The summed E-state index contributed by atoms with van der Waals surface area (Å²) >= 11 is 0. The molecule has 0 aliphatic carbocycles. The minimum atomic E-state index is -1.21. The average molecular weight is 271 g/mol. The van der Waals surface area contributed by atoms with Crippen LogP contribution in [0.25, 0.3) is 0 Å². The minimum Gasteiger partial charge on any atom is -0.480 e. The van der Waals surface area contributed by atoms with E-state index in [-0.39, 0.29) is 12.1 Å². The van der Waals surface area contributed by atoms with Crippen molar-refractivity contribution in [2.24, 2.45) is 5.92 Å². The molecule has 2 unspecified atom stereocenters. The zero-order chi connectivity index (χ0) is 14.8. The number of carboxylic acids is 1. The van der Waals surface area contributed by atoms with Crippen LogP contribution < -0.4 is 5.32 Å². The van der Waals surface area contributed by atoms with Gasteiger partial charge in [0.25, 0.3) is 0 Å². The van der Waals surface area contributed by atoms with E-state index in [0.717, 1.165) is 19.5 Å². The Bertz CT molecular complexity index is 357. The molecule has 2 N–H and O–H groups in total. The Hall–Kier alpha value is -1.30. The van der Waals surface area contributed by atoms with E-state index in [1.807, 2.05) is 0 Å². The lowest BCUT2D eigenvalue weighted by Gasteiger charge is -2.38. The summed E-state index contributed by atoms with van der Waals surface area (Å²) in [5.41, 5.74) is -1.21. The number of hydrogen-bond donors (Lipinski definition) is 2. The Labute approximate surface area is 114 Å². The molecule has 1 fully saturated rings. The normalized spacial score (nSPS) is 24.9. The molecule has 1 aliphatic heterocycles. The Kier molecular flexibility index (Phi) is 4.79. The third-order valence-electron chi connectivity index (χ3n) is 4.08. The van der Waals surface area contributed by atoms with E-state index in [9.17, 15) is 9.59 Å². The van der Waals surface area contributed by atoms with Gasteiger partial charge in [0.2, 0.25) is 0 Å². The van der Waals surface area contributed by atoms with E-state index < -0.39 is 11.5 Å². The van der Waals surface area contributed by atoms with Crippen molar-refractivity contribution < 1.29 is 14.7 Å². The minimum absolute atomic E-state index is 0.107. The van der Waals surface area contributed by atoms with Crippen molar-refractivity contribution in [2.45, 2.75) is 38.8 Å². The number of nitrogens with zero attached hydrogens (tertiary/aromatic N) is 2. The lowest BCUT2D eigenvalue weighted by molar-refractivity contribution is -0.146. The van der Waals surface area contributed by atoms with Crippen LogP contribution in [0.4, 0.5) is 4.79 Å². The molecule has 0 aromatic rings. The van der Waals surface area contributed by atoms with Gasteiger partial charge in [-0.2, -0.15) is 0 Å².